The zero-order chi connectivity index (χ0) is 16.9. The molecule has 134 valence electrons. The second-order valence-electron chi connectivity index (χ2n) is 6.47. The lowest BCUT2D eigenvalue weighted by Crippen LogP contribution is -2.24. The third-order valence-corrected chi connectivity index (χ3v) is 4.03. The summed E-state index contributed by atoms with van der Waals surface area (Å²) in [6.45, 7) is 6.40. The molecule has 5 heteroatoms. The van der Waals surface area contributed by atoms with Crippen molar-refractivity contribution in [2.24, 2.45) is 0 Å². The molecule has 0 fully saturated rings. The fraction of sp³-hybridized carbons (Fsp3) is 0.350. The highest BCUT2D eigenvalue weighted by Gasteiger charge is 2.11. The second kappa shape index (κ2) is 8.88. The number of carbonyl (C=O) groups is 1. The Labute approximate surface area is 155 Å². The van der Waals surface area contributed by atoms with Crippen LogP contribution < -0.4 is 15.4 Å². The summed E-state index contributed by atoms with van der Waals surface area (Å²) in [6.07, 6.45) is 0.491. The molecular formula is C20H25ClN2O2. The Balaban J connectivity index is 0.00000225. The van der Waals surface area contributed by atoms with Crippen LogP contribution in [0.1, 0.15) is 36.1 Å². The maximum absolute atomic E-state index is 12.2. The van der Waals surface area contributed by atoms with Gasteiger partial charge in [0.25, 0.3) is 0 Å². The average molecular weight is 361 g/mol. The van der Waals surface area contributed by atoms with E-state index in [-0.39, 0.29) is 24.4 Å². The van der Waals surface area contributed by atoms with Crippen LogP contribution in [-0.2, 0) is 30.8 Å². The van der Waals surface area contributed by atoms with Gasteiger partial charge in [0.05, 0.1) is 12.5 Å². The third-order valence-electron chi connectivity index (χ3n) is 4.03. The van der Waals surface area contributed by atoms with Crippen LogP contribution in [0.2, 0.25) is 0 Å². The number of carbonyl (C=O) groups excluding carboxylic acids is 1. The number of nitrogens with one attached hydrogen (secondary N) is 2. The van der Waals surface area contributed by atoms with Crippen LogP contribution in [0.15, 0.2) is 42.5 Å². The van der Waals surface area contributed by atoms with Gasteiger partial charge in [-0.1, -0.05) is 30.3 Å². The first-order valence-corrected chi connectivity index (χ1v) is 8.44. The minimum atomic E-state index is 0. The minimum absolute atomic E-state index is 0. The normalized spacial score (nSPS) is 12.4. The van der Waals surface area contributed by atoms with Crippen molar-refractivity contribution in [1.29, 1.82) is 0 Å². The van der Waals surface area contributed by atoms with Gasteiger partial charge in [-0.05, 0) is 48.2 Å². The summed E-state index contributed by atoms with van der Waals surface area (Å²) in [5, 5.41) is 6.33. The maximum atomic E-state index is 12.2. The molecule has 25 heavy (non-hydrogen) atoms. The van der Waals surface area contributed by atoms with Gasteiger partial charge < -0.3 is 15.4 Å². The fourth-order valence-corrected chi connectivity index (χ4v) is 2.91. The quantitative estimate of drug-likeness (QED) is 0.830. The highest BCUT2D eigenvalue weighted by molar-refractivity contribution is 5.85. The van der Waals surface area contributed by atoms with Gasteiger partial charge in [-0.15, -0.1) is 12.4 Å². The molecule has 0 aliphatic carbocycles. The number of fused-ring (bicyclic) bond motifs is 1. The second-order valence-corrected chi connectivity index (χ2v) is 6.47. The molecule has 1 heterocycles. The van der Waals surface area contributed by atoms with E-state index < -0.39 is 0 Å². The van der Waals surface area contributed by atoms with Crippen molar-refractivity contribution in [1.82, 2.24) is 10.6 Å². The van der Waals surface area contributed by atoms with Gasteiger partial charge in [-0.3, -0.25) is 4.79 Å². The van der Waals surface area contributed by atoms with Gasteiger partial charge in [0.15, 0.2) is 0 Å². The lowest BCUT2D eigenvalue weighted by atomic mass is 10.1. The zero-order valence-electron chi connectivity index (χ0n) is 14.7. The van der Waals surface area contributed by atoms with Gasteiger partial charge in [-0.2, -0.15) is 0 Å². The topological polar surface area (TPSA) is 50.4 Å². The maximum Gasteiger partial charge on any atom is 0.224 e. The van der Waals surface area contributed by atoms with Crippen molar-refractivity contribution in [2.75, 3.05) is 0 Å². The van der Waals surface area contributed by atoms with Crippen LogP contribution in [0.25, 0.3) is 0 Å². The molecular weight excluding hydrogens is 336 g/mol. The van der Waals surface area contributed by atoms with Gasteiger partial charge in [-0.25, -0.2) is 0 Å². The van der Waals surface area contributed by atoms with Crippen molar-refractivity contribution in [2.45, 2.75) is 46.0 Å². The van der Waals surface area contributed by atoms with Crippen molar-refractivity contribution < 1.29 is 9.53 Å². The largest absolute Gasteiger partial charge is 0.491 e. The summed E-state index contributed by atoms with van der Waals surface area (Å²) in [6, 6.07) is 14.1. The number of halogens is 1. The molecule has 0 saturated heterocycles. The molecule has 0 aromatic heterocycles. The molecule has 0 spiro atoms. The molecule has 0 atom stereocenters. The first-order chi connectivity index (χ1) is 11.6. The molecule has 1 aliphatic heterocycles. The van der Waals surface area contributed by atoms with E-state index >= 15 is 0 Å². The van der Waals surface area contributed by atoms with Crippen LogP contribution in [0.5, 0.6) is 5.75 Å². The number of rotatable bonds is 6. The van der Waals surface area contributed by atoms with E-state index in [1.54, 1.807) is 0 Å². The van der Waals surface area contributed by atoms with Crippen LogP contribution in [-0.4, -0.2) is 12.0 Å². The van der Waals surface area contributed by atoms with Crippen LogP contribution in [0.4, 0.5) is 0 Å². The van der Waals surface area contributed by atoms with Crippen LogP contribution in [0, 0.1) is 0 Å². The van der Waals surface area contributed by atoms with Crippen molar-refractivity contribution >= 4 is 18.3 Å². The van der Waals surface area contributed by atoms with E-state index in [0.29, 0.717) is 13.0 Å². The predicted octanol–water partition coefficient (Wildman–Crippen LogP) is 3.36. The minimum Gasteiger partial charge on any atom is -0.491 e. The zero-order valence-corrected chi connectivity index (χ0v) is 15.5. The van der Waals surface area contributed by atoms with Gasteiger partial charge in [0, 0.05) is 19.6 Å². The number of benzene rings is 2. The molecule has 2 aromatic carbocycles. The smallest absolute Gasteiger partial charge is 0.224 e. The Morgan fingerprint density at radius 1 is 1.12 bits per heavy atom. The molecule has 0 saturated carbocycles. The van der Waals surface area contributed by atoms with Gasteiger partial charge >= 0.3 is 0 Å². The number of hydrogen-bond donors (Lipinski definition) is 2. The Morgan fingerprint density at radius 3 is 2.72 bits per heavy atom. The van der Waals surface area contributed by atoms with Crippen LogP contribution in [0.3, 0.4) is 0 Å². The summed E-state index contributed by atoms with van der Waals surface area (Å²) in [5.41, 5.74) is 4.79. The SMILES string of the molecule is CC(C)Oc1cccc(CC(=O)NCc2ccc3c(c2)CNC3)c1.Cl. The van der Waals surface area contributed by atoms with Crippen LogP contribution >= 0.6 is 12.4 Å². The fourth-order valence-electron chi connectivity index (χ4n) is 2.91. The highest BCUT2D eigenvalue weighted by Crippen LogP contribution is 2.17. The molecule has 0 bridgehead atoms. The summed E-state index contributed by atoms with van der Waals surface area (Å²) in [4.78, 5) is 12.2. The lowest BCUT2D eigenvalue weighted by molar-refractivity contribution is -0.120. The van der Waals surface area contributed by atoms with E-state index in [1.165, 1.54) is 11.1 Å². The van der Waals surface area contributed by atoms with E-state index in [9.17, 15) is 4.79 Å². The monoisotopic (exact) mass is 360 g/mol. The van der Waals surface area contributed by atoms with Crippen molar-refractivity contribution in [3.05, 3.63) is 64.7 Å². The Hall–Kier alpha value is -2.04. The Morgan fingerprint density at radius 2 is 1.92 bits per heavy atom. The van der Waals surface area contributed by atoms with Gasteiger partial charge in [0.2, 0.25) is 5.91 Å². The molecule has 3 rings (SSSR count). The standard InChI is InChI=1S/C20H24N2O2.ClH/c1-14(2)24-19-5-3-4-15(9-19)10-20(23)22-11-16-6-7-17-12-21-13-18(17)8-16;/h3-9,14,21H,10-13H2,1-2H3,(H,22,23);1H. The van der Waals surface area contributed by atoms with Crippen molar-refractivity contribution in [3.63, 3.8) is 0 Å². The predicted molar refractivity (Wildman–Crippen MR) is 102 cm³/mol. The average Bonchev–Trinajstić information content (AvgIpc) is 3.00. The summed E-state index contributed by atoms with van der Waals surface area (Å²) in [5.74, 6) is 0.830. The summed E-state index contributed by atoms with van der Waals surface area (Å²) < 4.78 is 5.67. The third kappa shape index (κ3) is 5.48. The number of amides is 1. The summed E-state index contributed by atoms with van der Waals surface area (Å²) in [7, 11) is 0. The van der Waals surface area contributed by atoms with E-state index in [4.69, 9.17) is 4.74 Å². The van der Waals surface area contributed by atoms with E-state index in [0.717, 1.165) is 30.0 Å². The lowest BCUT2D eigenvalue weighted by Gasteiger charge is -2.11. The Kier molecular flexibility index (Phi) is 6.85. The molecule has 1 aliphatic rings. The first kappa shape index (κ1) is 19.3. The molecule has 2 aromatic rings. The highest BCUT2D eigenvalue weighted by atomic mass is 35.5. The van der Waals surface area contributed by atoms with E-state index in [1.807, 2.05) is 38.1 Å². The molecule has 0 radical (unpaired) electrons. The summed E-state index contributed by atoms with van der Waals surface area (Å²) >= 11 is 0. The van der Waals surface area contributed by atoms with E-state index in [2.05, 4.69) is 28.8 Å². The first-order valence-electron chi connectivity index (χ1n) is 8.44. The van der Waals surface area contributed by atoms with Crippen molar-refractivity contribution in [3.8, 4) is 5.75 Å². The number of ether oxygens (including phenoxy) is 1. The molecule has 4 nitrogen and oxygen atoms in total. The Bertz CT molecular complexity index is 731. The molecule has 1 amide bonds. The number of hydrogen-bond acceptors (Lipinski definition) is 3. The van der Waals surface area contributed by atoms with Gasteiger partial charge in [0.1, 0.15) is 5.75 Å². The molecule has 2 N–H and O–H groups in total. The molecule has 0 unspecified atom stereocenters.